The molecule has 31 heavy (non-hydrogen) atoms. The van der Waals surface area contributed by atoms with Crippen LogP contribution in [-0.2, 0) is 22.5 Å². The summed E-state index contributed by atoms with van der Waals surface area (Å²) >= 11 is 0. The molecule has 6 heteroatoms. The first-order valence-electron chi connectivity index (χ1n) is 10.8. The summed E-state index contributed by atoms with van der Waals surface area (Å²) in [5.41, 5.74) is 4.82. The second kappa shape index (κ2) is 9.10. The summed E-state index contributed by atoms with van der Waals surface area (Å²) in [5, 5.41) is 0.776. The van der Waals surface area contributed by atoms with Crippen LogP contribution in [0.5, 0.6) is 0 Å². The maximum absolute atomic E-state index is 13.8. The minimum absolute atomic E-state index is 0.0282. The molecule has 4 rings (SSSR count). The van der Waals surface area contributed by atoms with Crippen LogP contribution in [-0.4, -0.2) is 49.1 Å². The van der Waals surface area contributed by atoms with E-state index in [4.69, 9.17) is 4.74 Å². The summed E-state index contributed by atoms with van der Waals surface area (Å²) in [6, 6.07) is 12.9. The standard InChI is InChI=1S/C25H30FN3O2/c1-17-22(23-13-19(26)8-11-24(23)27-17)14-25(30)29(16-21-5-4-12-31-21)15-18-6-9-20(10-7-18)28(2)3/h6-11,13,21,27H,4-5,12,14-16H2,1-3H3. The van der Waals surface area contributed by atoms with Crippen molar-refractivity contribution in [2.75, 3.05) is 32.1 Å². The predicted molar refractivity (Wildman–Crippen MR) is 122 cm³/mol. The van der Waals surface area contributed by atoms with Gasteiger partial charge in [0.1, 0.15) is 5.82 Å². The molecular formula is C25H30FN3O2. The molecule has 0 bridgehead atoms. The number of ether oxygens (including phenoxy) is 1. The van der Waals surface area contributed by atoms with Crippen molar-refractivity contribution < 1.29 is 13.9 Å². The van der Waals surface area contributed by atoms with Gasteiger partial charge in [0.05, 0.1) is 12.5 Å². The highest BCUT2D eigenvalue weighted by molar-refractivity contribution is 5.90. The molecular weight excluding hydrogens is 393 g/mol. The highest BCUT2D eigenvalue weighted by Crippen LogP contribution is 2.25. The number of H-pyrrole nitrogens is 1. The Hall–Kier alpha value is -2.86. The van der Waals surface area contributed by atoms with Crippen molar-refractivity contribution >= 4 is 22.5 Å². The van der Waals surface area contributed by atoms with Crippen LogP contribution < -0.4 is 4.90 Å². The summed E-state index contributed by atoms with van der Waals surface area (Å²) in [7, 11) is 4.02. The van der Waals surface area contributed by atoms with E-state index < -0.39 is 0 Å². The van der Waals surface area contributed by atoms with Crippen molar-refractivity contribution in [3.8, 4) is 0 Å². The number of hydrogen-bond acceptors (Lipinski definition) is 3. The molecule has 0 aliphatic carbocycles. The molecule has 1 aromatic heterocycles. The summed E-state index contributed by atoms with van der Waals surface area (Å²) in [6.07, 6.45) is 2.32. The lowest BCUT2D eigenvalue weighted by molar-refractivity contribution is -0.132. The number of nitrogens with zero attached hydrogens (tertiary/aromatic N) is 2. The first kappa shape index (κ1) is 21.4. The molecule has 1 fully saturated rings. The zero-order valence-corrected chi connectivity index (χ0v) is 18.5. The molecule has 1 aliphatic rings. The van der Waals surface area contributed by atoms with Crippen molar-refractivity contribution in [2.24, 2.45) is 0 Å². The van der Waals surface area contributed by atoms with Crippen LogP contribution >= 0.6 is 0 Å². The number of fused-ring (bicyclic) bond motifs is 1. The number of aryl methyl sites for hydroxylation is 1. The zero-order valence-electron chi connectivity index (χ0n) is 18.5. The Bertz CT molecular complexity index is 1050. The molecule has 164 valence electrons. The quantitative estimate of drug-likeness (QED) is 0.612. The number of benzene rings is 2. The second-order valence-corrected chi connectivity index (χ2v) is 8.57. The number of carbonyl (C=O) groups excluding carboxylic acids is 1. The highest BCUT2D eigenvalue weighted by atomic mass is 19.1. The lowest BCUT2D eigenvalue weighted by atomic mass is 10.1. The van der Waals surface area contributed by atoms with Gasteiger partial charge >= 0.3 is 0 Å². The third-order valence-corrected chi connectivity index (χ3v) is 6.04. The minimum Gasteiger partial charge on any atom is -0.378 e. The van der Waals surface area contributed by atoms with Gasteiger partial charge in [-0.2, -0.15) is 0 Å². The number of aromatic amines is 1. The third kappa shape index (κ3) is 4.90. The van der Waals surface area contributed by atoms with Crippen molar-refractivity contribution in [1.29, 1.82) is 0 Å². The van der Waals surface area contributed by atoms with Crippen LogP contribution in [0, 0.1) is 12.7 Å². The zero-order chi connectivity index (χ0) is 22.0. The maximum Gasteiger partial charge on any atom is 0.227 e. The number of carbonyl (C=O) groups is 1. The first-order valence-corrected chi connectivity index (χ1v) is 10.8. The predicted octanol–water partition coefficient (Wildman–Crippen LogP) is 4.43. The summed E-state index contributed by atoms with van der Waals surface area (Å²) in [5.74, 6) is -0.266. The lowest BCUT2D eigenvalue weighted by Gasteiger charge is -2.26. The maximum atomic E-state index is 13.8. The molecule has 1 unspecified atom stereocenters. The molecule has 1 N–H and O–H groups in total. The average Bonchev–Trinajstić information content (AvgIpc) is 3.36. The fourth-order valence-corrected chi connectivity index (χ4v) is 4.25. The molecule has 1 amide bonds. The molecule has 0 radical (unpaired) electrons. The van der Waals surface area contributed by atoms with Gasteiger partial charge in [-0.1, -0.05) is 12.1 Å². The van der Waals surface area contributed by atoms with E-state index in [9.17, 15) is 9.18 Å². The molecule has 2 aromatic carbocycles. The Kier molecular flexibility index (Phi) is 6.28. The van der Waals surface area contributed by atoms with E-state index in [0.29, 0.717) is 13.1 Å². The van der Waals surface area contributed by atoms with E-state index in [1.54, 1.807) is 6.07 Å². The number of rotatable bonds is 7. The van der Waals surface area contributed by atoms with E-state index >= 15 is 0 Å². The number of amides is 1. The van der Waals surface area contributed by atoms with Crippen molar-refractivity contribution in [3.05, 3.63) is 65.1 Å². The van der Waals surface area contributed by atoms with Crippen LogP contribution in [0.2, 0.25) is 0 Å². The lowest BCUT2D eigenvalue weighted by Crippen LogP contribution is -2.38. The van der Waals surface area contributed by atoms with Gasteiger partial charge in [0.25, 0.3) is 0 Å². The topological polar surface area (TPSA) is 48.6 Å². The molecule has 5 nitrogen and oxygen atoms in total. The van der Waals surface area contributed by atoms with Crippen LogP contribution in [0.4, 0.5) is 10.1 Å². The smallest absolute Gasteiger partial charge is 0.227 e. The van der Waals surface area contributed by atoms with Crippen LogP contribution in [0.15, 0.2) is 42.5 Å². The fraction of sp³-hybridized carbons (Fsp3) is 0.400. The molecule has 2 heterocycles. The molecule has 0 saturated carbocycles. The first-order chi connectivity index (χ1) is 14.9. The van der Waals surface area contributed by atoms with Gasteiger partial charge < -0.3 is 19.5 Å². The number of anilines is 1. The van der Waals surface area contributed by atoms with Gasteiger partial charge in [-0.15, -0.1) is 0 Å². The Balaban J connectivity index is 1.56. The summed E-state index contributed by atoms with van der Waals surface area (Å²) in [6.45, 7) is 3.79. The minimum atomic E-state index is -0.294. The van der Waals surface area contributed by atoms with E-state index in [0.717, 1.165) is 52.9 Å². The number of nitrogens with one attached hydrogen (secondary N) is 1. The fourth-order valence-electron chi connectivity index (χ4n) is 4.25. The normalized spacial score (nSPS) is 16.1. The Labute approximate surface area is 182 Å². The average molecular weight is 424 g/mol. The van der Waals surface area contributed by atoms with Crippen molar-refractivity contribution in [3.63, 3.8) is 0 Å². The van der Waals surface area contributed by atoms with Crippen LogP contribution in [0.3, 0.4) is 0 Å². The van der Waals surface area contributed by atoms with Gasteiger partial charge in [-0.25, -0.2) is 4.39 Å². The molecule has 1 saturated heterocycles. The van der Waals surface area contributed by atoms with Gasteiger partial charge in [-0.3, -0.25) is 4.79 Å². The van der Waals surface area contributed by atoms with E-state index in [1.165, 1.54) is 12.1 Å². The van der Waals surface area contributed by atoms with Gasteiger partial charge in [-0.05, 0) is 61.2 Å². The molecule has 3 aromatic rings. The van der Waals surface area contributed by atoms with Crippen LogP contribution in [0.25, 0.3) is 10.9 Å². The molecule has 1 aliphatic heterocycles. The molecule has 0 spiro atoms. The summed E-state index contributed by atoms with van der Waals surface area (Å²) < 4.78 is 19.7. The summed E-state index contributed by atoms with van der Waals surface area (Å²) in [4.78, 5) is 20.6. The van der Waals surface area contributed by atoms with Gasteiger partial charge in [0, 0.05) is 56.1 Å². The monoisotopic (exact) mass is 423 g/mol. The second-order valence-electron chi connectivity index (χ2n) is 8.57. The highest BCUT2D eigenvalue weighted by Gasteiger charge is 2.24. The van der Waals surface area contributed by atoms with Gasteiger partial charge in [0.2, 0.25) is 5.91 Å². The van der Waals surface area contributed by atoms with Gasteiger partial charge in [0.15, 0.2) is 0 Å². The number of hydrogen-bond donors (Lipinski definition) is 1. The Morgan fingerprint density at radius 1 is 1.19 bits per heavy atom. The Morgan fingerprint density at radius 3 is 2.65 bits per heavy atom. The van der Waals surface area contributed by atoms with E-state index in [1.807, 2.05) is 25.9 Å². The third-order valence-electron chi connectivity index (χ3n) is 6.04. The van der Waals surface area contributed by atoms with E-state index in [2.05, 4.69) is 34.1 Å². The van der Waals surface area contributed by atoms with E-state index in [-0.39, 0.29) is 24.2 Å². The SMILES string of the molecule is Cc1[nH]c2ccc(F)cc2c1CC(=O)N(Cc1ccc(N(C)C)cc1)CC1CCCO1. The largest absolute Gasteiger partial charge is 0.378 e. The Morgan fingerprint density at radius 2 is 1.97 bits per heavy atom. The number of halogens is 1. The van der Waals surface area contributed by atoms with Crippen molar-refractivity contribution in [2.45, 2.75) is 38.8 Å². The van der Waals surface area contributed by atoms with Crippen LogP contribution in [0.1, 0.15) is 29.7 Å². The number of aromatic nitrogens is 1. The van der Waals surface area contributed by atoms with Crippen molar-refractivity contribution in [1.82, 2.24) is 9.88 Å². The molecule has 1 atom stereocenters.